The van der Waals surface area contributed by atoms with Crippen molar-refractivity contribution in [2.45, 2.75) is 6.92 Å². The van der Waals surface area contributed by atoms with Crippen molar-refractivity contribution in [3.8, 4) is 0 Å². The quantitative estimate of drug-likeness (QED) is 0.491. The lowest BCUT2D eigenvalue weighted by Crippen LogP contribution is -2.15. The van der Waals surface area contributed by atoms with Gasteiger partial charge in [-0.25, -0.2) is 9.37 Å². The van der Waals surface area contributed by atoms with Gasteiger partial charge in [0.25, 0.3) is 5.91 Å². The molecule has 0 radical (unpaired) electrons. The largest absolute Gasteiger partial charge is 0.383 e. The van der Waals surface area contributed by atoms with E-state index in [0.717, 1.165) is 11.1 Å². The van der Waals surface area contributed by atoms with Crippen molar-refractivity contribution >= 4 is 45.4 Å². The van der Waals surface area contributed by atoms with E-state index in [1.165, 1.54) is 17.6 Å². The van der Waals surface area contributed by atoms with Crippen molar-refractivity contribution in [3.63, 3.8) is 0 Å². The van der Waals surface area contributed by atoms with Gasteiger partial charge in [-0.05, 0) is 30.6 Å². The summed E-state index contributed by atoms with van der Waals surface area (Å²) >= 11 is 1.27. The zero-order valence-corrected chi connectivity index (χ0v) is 15.3. The topological polar surface area (TPSA) is 97.3 Å². The number of imidazole rings is 1. The lowest BCUT2D eigenvalue weighted by Gasteiger charge is -2.10. The van der Waals surface area contributed by atoms with Crippen LogP contribution in [-0.2, 0) is 0 Å². The van der Waals surface area contributed by atoms with Crippen LogP contribution < -0.4 is 16.4 Å². The molecular weight excluding hydrogens is 367 g/mol. The Morgan fingerprint density at radius 1 is 1.37 bits per heavy atom. The average Bonchev–Trinajstić information content (AvgIpc) is 3.26. The Morgan fingerprint density at radius 3 is 3.04 bits per heavy atom. The maximum absolute atomic E-state index is 14.2. The molecule has 0 spiro atoms. The molecule has 9 heteroatoms. The number of benzene rings is 1. The number of fused-ring (bicyclic) bond motifs is 2. The monoisotopic (exact) mass is 384 g/mol. The maximum atomic E-state index is 14.2. The number of nitrogens with two attached hydrogens (primary N) is 1. The molecule has 1 aromatic carbocycles. The molecule has 27 heavy (non-hydrogen) atoms. The van der Waals surface area contributed by atoms with E-state index in [2.05, 4.69) is 20.0 Å². The Kier molecular flexibility index (Phi) is 4.46. The summed E-state index contributed by atoms with van der Waals surface area (Å²) in [6, 6.07) is 4.78. The minimum Gasteiger partial charge on any atom is -0.383 e. The van der Waals surface area contributed by atoms with E-state index < -0.39 is 5.82 Å². The first-order chi connectivity index (χ1) is 13.1. The van der Waals surface area contributed by atoms with E-state index in [1.54, 1.807) is 29.8 Å². The van der Waals surface area contributed by atoms with Gasteiger partial charge in [0.2, 0.25) is 0 Å². The molecule has 0 aliphatic carbocycles. The van der Waals surface area contributed by atoms with Crippen LogP contribution in [0.15, 0.2) is 36.0 Å². The third kappa shape index (κ3) is 3.22. The summed E-state index contributed by atoms with van der Waals surface area (Å²) in [5.74, 6) is -0.854. The van der Waals surface area contributed by atoms with Crippen molar-refractivity contribution in [2.24, 2.45) is 5.73 Å². The van der Waals surface area contributed by atoms with Crippen molar-refractivity contribution in [2.75, 3.05) is 23.7 Å². The number of halogens is 1. The van der Waals surface area contributed by atoms with E-state index in [0.29, 0.717) is 35.6 Å². The first kappa shape index (κ1) is 17.4. The van der Waals surface area contributed by atoms with Gasteiger partial charge in [0, 0.05) is 48.0 Å². The molecule has 0 unspecified atom stereocenters. The Balaban J connectivity index is 1.66. The number of aryl methyl sites for hydroxylation is 1. The van der Waals surface area contributed by atoms with Gasteiger partial charge in [-0.1, -0.05) is 0 Å². The number of nitrogens with one attached hydrogen (secondary N) is 2. The van der Waals surface area contributed by atoms with Gasteiger partial charge >= 0.3 is 0 Å². The van der Waals surface area contributed by atoms with Gasteiger partial charge in [0.15, 0.2) is 11.5 Å². The van der Waals surface area contributed by atoms with Crippen LogP contribution in [0.2, 0.25) is 0 Å². The Bertz CT molecular complexity index is 1150. The number of hydrogen-bond acceptors (Lipinski definition) is 6. The van der Waals surface area contributed by atoms with Crippen LogP contribution in [0.25, 0.3) is 16.6 Å². The molecule has 1 amide bonds. The van der Waals surface area contributed by atoms with Crippen molar-refractivity contribution < 1.29 is 9.18 Å². The van der Waals surface area contributed by atoms with Crippen LogP contribution in [0.4, 0.5) is 15.8 Å². The lowest BCUT2D eigenvalue weighted by atomic mass is 10.1. The number of aromatic nitrogens is 3. The van der Waals surface area contributed by atoms with E-state index >= 15 is 0 Å². The van der Waals surface area contributed by atoms with Gasteiger partial charge in [0.1, 0.15) is 0 Å². The smallest absolute Gasteiger partial charge is 0.257 e. The van der Waals surface area contributed by atoms with Crippen molar-refractivity contribution in [1.82, 2.24) is 13.8 Å². The summed E-state index contributed by atoms with van der Waals surface area (Å²) in [7, 11) is 0. The van der Waals surface area contributed by atoms with Gasteiger partial charge in [-0.15, -0.1) is 0 Å². The van der Waals surface area contributed by atoms with Gasteiger partial charge in [0.05, 0.1) is 22.5 Å². The summed E-state index contributed by atoms with van der Waals surface area (Å²) in [6.45, 7) is 2.91. The molecule has 4 aromatic rings. The molecule has 7 nitrogen and oxygen atoms in total. The zero-order valence-electron chi connectivity index (χ0n) is 14.5. The highest BCUT2D eigenvalue weighted by molar-refractivity contribution is 7.05. The molecular formula is C18H17FN6OS. The third-order valence-corrected chi connectivity index (χ3v) is 4.75. The number of pyridine rings is 1. The van der Waals surface area contributed by atoms with Crippen LogP contribution in [0.3, 0.4) is 0 Å². The second-order valence-electron chi connectivity index (χ2n) is 6.10. The fraction of sp³-hybridized carbons (Fsp3) is 0.167. The molecule has 0 atom stereocenters. The number of carbonyl (C=O) groups excluding carboxylic acids is 1. The predicted octanol–water partition coefficient (Wildman–Crippen LogP) is 3.01. The molecule has 0 fully saturated rings. The predicted molar refractivity (Wildman–Crippen MR) is 105 cm³/mol. The van der Waals surface area contributed by atoms with Gasteiger partial charge in [-0.3, -0.25) is 4.79 Å². The van der Waals surface area contributed by atoms with E-state index in [1.807, 2.05) is 11.4 Å². The molecule has 3 heterocycles. The van der Waals surface area contributed by atoms with Crippen molar-refractivity contribution in [1.29, 1.82) is 0 Å². The summed E-state index contributed by atoms with van der Waals surface area (Å²) in [5, 5.41) is 8.70. The van der Waals surface area contributed by atoms with Crippen LogP contribution in [0, 0.1) is 12.7 Å². The zero-order chi connectivity index (χ0) is 19.0. The van der Waals surface area contributed by atoms with E-state index in [4.69, 9.17) is 5.73 Å². The highest BCUT2D eigenvalue weighted by atomic mass is 32.1. The Hall–Kier alpha value is -3.04. The molecule has 4 rings (SSSR count). The molecule has 138 valence electrons. The first-order valence-electron chi connectivity index (χ1n) is 8.34. The molecule has 0 saturated heterocycles. The van der Waals surface area contributed by atoms with E-state index in [9.17, 15) is 9.18 Å². The summed E-state index contributed by atoms with van der Waals surface area (Å²) in [6.07, 6.45) is 3.33. The highest BCUT2D eigenvalue weighted by Gasteiger charge is 2.16. The van der Waals surface area contributed by atoms with Crippen LogP contribution in [0.5, 0.6) is 0 Å². The molecule has 0 saturated carbocycles. The molecule has 4 N–H and O–H groups in total. The third-order valence-electron chi connectivity index (χ3n) is 4.12. The minimum absolute atomic E-state index is 0.225. The molecule has 3 aromatic heterocycles. The molecule has 0 aliphatic rings. The minimum atomic E-state index is -0.499. The number of hydrogen-bond donors (Lipinski definition) is 3. The average molecular weight is 384 g/mol. The summed E-state index contributed by atoms with van der Waals surface area (Å²) < 4.78 is 20.1. The standard InChI is InChI=1S/C18H17FN6OS/c1-10-7-25-8-11(6-14(19)17(25)22-10)23-18(26)12-2-3-15(21-5-4-20)13-9-27-24-16(12)13/h2-3,6-9,21H,4-5,20H2,1H3,(H,23,26). The number of amides is 1. The summed E-state index contributed by atoms with van der Waals surface area (Å²) in [4.78, 5) is 16.9. The van der Waals surface area contributed by atoms with Gasteiger partial charge < -0.3 is 20.8 Å². The molecule has 0 bridgehead atoms. The Labute approximate surface area is 158 Å². The first-order valence-corrected chi connectivity index (χ1v) is 9.17. The fourth-order valence-corrected chi connectivity index (χ4v) is 3.65. The number of carbonyl (C=O) groups is 1. The second-order valence-corrected chi connectivity index (χ2v) is 6.73. The SMILES string of the molecule is Cc1cn2cc(NC(=O)c3ccc(NCCN)c4csnc34)cc(F)c2n1. The number of rotatable bonds is 5. The van der Waals surface area contributed by atoms with Crippen LogP contribution in [0.1, 0.15) is 16.1 Å². The lowest BCUT2D eigenvalue weighted by molar-refractivity contribution is 0.102. The van der Waals surface area contributed by atoms with Crippen molar-refractivity contribution in [3.05, 3.63) is 53.0 Å². The summed E-state index contributed by atoms with van der Waals surface area (Å²) in [5.41, 5.74) is 8.70. The molecule has 0 aliphatic heterocycles. The van der Waals surface area contributed by atoms with Gasteiger partial charge in [-0.2, -0.15) is 4.37 Å². The van der Waals surface area contributed by atoms with Crippen LogP contribution >= 0.6 is 11.5 Å². The second kappa shape index (κ2) is 6.93. The normalized spacial score (nSPS) is 11.2. The number of anilines is 2. The Morgan fingerprint density at radius 2 is 2.22 bits per heavy atom. The highest BCUT2D eigenvalue weighted by Crippen LogP contribution is 2.28. The van der Waals surface area contributed by atoms with Crippen LogP contribution in [-0.4, -0.2) is 32.8 Å². The number of nitrogens with zero attached hydrogens (tertiary/aromatic N) is 3. The maximum Gasteiger partial charge on any atom is 0.257 e. The van der Waals surface area contributed by atoms with E-state index in [-0.39, 0.29) is 11.6 Å². The fourth-order valence-electron chi connectivity index (χ4n) is 2.95.